The SMILES string of the molecule is c1ccc(C2(CCCNCCCCCc3c[nH]c4ccccc34)OCc3ccccc32)cc1. The molecule has 0 saturated heterocycles. The summed E-state index contributed by atoms with van der Waals surface area (Å²) in [5, 5.41) is 5.04. The molecule has 0 saturated carbocycles. The number of ether oxygens (including phenoxy) is 1. The third kappa shape index (κ3) is 4.75. The lowest BCUT2D eigenvalue weighted by atomic mass is 9.82. The van der Waals surface area contributed by atoms with Crippen LogP contribution in [0.4, 0.5) is 0 Å². The predicted octanol–water partition coefficient (Wildman–Crippen LogP) is 6.72. The van der Waals surface area contributed by atoms with Gasteiger partial charge in [0.1, 0.15) is 5.60 Å². The largest absolute Gasteiger partial charge is 0.361 e. The van der Waals surface area contributed by atoms with Crippen molar-refractivity contribution in [2.45, 2.75) is 50.7 Å². The highest BCUT2D eigenvalue weighted by Gasteiger charge is 2.40. The van der Waals surface area contributed by atoms with Gasteiger partial charge in [-0.25, -0.2) is 0 Å². The Balaban J connectivity index is 1.06. The van der Waals surface area contributed by atoms with Gasteiger partial charge in [0.2, 0.25) is 0 Å². The van der Waals surface area contributed by atoms with Crippen LogP contribution in [-0.4, -0.2) is 18.1 Å². The zero-order valence-corrected chi connectivity index (χ0v) is 19.4. The molecule has 0 spiro atoms. The van der Waals surface area contributed by atoms with E-state index in [0.717, 1.165) is 32.4 Å². The van der Waals surface area contributed by atoms with Crippen molar-refractivity contribution in [3.05, 3.63) is 107 Å². The molecule has 0 fully saturated rings. The quantitative estimate of drug-likeness (QED) is 0.255. The summed E-state index contributed by atoms with van der Waals surface area (Å²) in [5.74, 6) is 0. The molecule has 1 unspecified atom stereocenters. The summed E-state index contributed by atoms with van der Waals surface area (Å²) in [6, 6.07) is 28.0. The van der Waals surface area contributed by atoms with E-state index in [9.17, 15) is 0 Å². The summed E-state index contributed by atoms with van der Waals surface area (Å²) in [6.07, 6.45) is 9.16. The average Bonchev–Trinajstić information content (AvgIpc) is 3.46. The second-order valence-electron chi connectivity index (χ2n) is 9.16. The number of nitrogens with one attached hydrogen (secondary N) is 2. The van der Waals surface area contributed by atoms with Gasteiger partial charge in [-0.05, 0) is 73.5 Å². The molecule has 0 radical (unpaired) electrons. The number of hydrogen-bond donors (Lipinski definition) is 2. The number of hydrogen-bond acceptors (Lipinski definition) is 2. The number of aromatic amines is 1. The lowest BCUT2D eigenvalue weighted by molar-refractivity contribution is -0.0129. The fourth-order valence-electron chi connectivity index (χ4n) is 5.28. The summed E-state index contributed by atoms with van der Waals surface area (Å²) in [4.78, 5) is 3.38. The topological polar surface area (TPSA) is 37.0 Å². The van der Waals surface area contributed by atoms with Gasteiger partial charge in [-0.15, -0.1) is 0 Å². The van der Waals surface area contributed by atoms with Gasteiger partial charge in [-0.3, -0.25) is 0 Å². The van der Waals surface area contributed by atoms with Crippen LogP contribution in [0.1, 0.15) is 54.4 Å². The Morgan fingerprint density at radius 1 is 0.788 bits per heavy atom. The van der Waals surface area contributed by atoms with Crippen molar-refractivity contribution in [1.29, 1.82) is 0 Å². The van der Waals surface area contributed by atoms with E-state index < -0.39 is 0 Å². The van der Waals surface area contributed by atoms with Crippen LogP contribution >= 0.6 is 0 Å². The molecular weight excluding hydrogens is 404 g/mol. The first-order valence-electron chi connectivity index (χ1n) is 12.4. The Bertz CT molecular complexity index is 1170. The van der Waals surface area contributed by atoms with E-state index in [2.05, 4.69) is 95.4 Å². The molecule has 33 heavy (non-hydrogen) atoms. The predicted molar refractivity (Wildman–Crippen MR) is 136 cm³/mol. The van der Waals surface area contributed by atoms with Gasteiger partial charge in [0.25, 0.3) is 0 Å². The maximum Gasteiger partial charge on any atom is 0.119 e. The Morgan fingerprint density at radius 3 is 2.52 bits per heavy atom. The van der Waals surface area contributed by atoms with Gasteiger partial charge in [0, 0.05) is 17.1 Å². The normalized spacial score (nSPS) is 17.5. The van der Waals surface area contributed by atoms with Crippen molar-refractivity contribution >= 4 is 10.9 Å². The minimum absolute atomic E-state index is 0.307. The number of fused-ring (bicyclic) bond motifs is 2. The molecule has 3 aromatic carbocycles. The first kappa shape index (κ1) is 21.9. The summed E-state index contributed by atoms with van der Waals surface area (Å²) >= 11 is 0. The first-order valence-corrected chi connectivity index (χ1v) is 12.4. The summed E-state index contributed by atoms with van der Waals surface area (Å²) in [5.41, 5.74) is 6.32. The van der Waals surface area contributed by atoms with Gasteiger partial charge in [0.05, 0.1) is 6.61 Å². The average molecular weight is 439 g/mol. The lowest BCUT2D eigenvalue weighted by Gasteiger charge is -2.30. The number of unbranched alkanes of at least 4 members (excludes halogenated alkanes) is 2. The Hall–Kier alpha value is -2.88. The van der Waals surface area contributed by atoms with Crippen LogP contribution in [0.25, 0.3) is 10.9 Å². The zero-order chi connectivity index (χ0) is 22.3. The van der Waals surface area contributed by atoms with Crippen molar-refractivity contribution in [3.8, 4) is 0 Å². The standard InChI is InChI=1S/C30H34N2O/c1-4-14-26(15-5-1)30(28-17-8-6-13-25(28)23-33-30)19-11-21-31-20-10-2-3-12-24-22-32-29-18-9-7-16-27(24)29/h1,4-9,13-18,22,31-32H,2-3,10-12,19-21,23H2. The Kier molecular flexibility index (Phi) is 6.89. The second kappa shape index (κ2) is 10.4. The van der Waals surface area contributed by atoms with Crippen molar-refractivity contribution in [2.75, 3.05) is 13.1 Å². The first-order chi connectivity index (χ1) is 16.4. The van der Waals surface area contributed by atoms with Crippen LogP contribution in [0.5, 0.6) is 0 Å². The molecule has 3 heteroatoms. The monoisotopic (exact) mass is 438 g/mol. The van der Waals surface area contributed by atoms with E-state index in [1.807, 2.05) is 0 Å². The van der Waals surface area contributed by atoms with Gasteiger partial charge >= 0.3 is 0 Å². The molecule has 3 nitrogen and oxygen atoms in total. The number of rotatable bonds is 11. The van der Waals surface area contributed by atoms with Crippen molar-refractivity contribution in [1.82, 2.24) is 10.3 Å². The Morgan fingerprint density at radius 2 is 1.58 bits per heavy atom. The van der Waals surface area contributed by atoms with E-state index in [4.69, 9.17) is 4.74 Å². The Labute approximate surface area is 197 Å². The minimum atomic E-state index is -0.307. The minimum Gasteiger partial charge on any atom is -0.361 e. The van der Waals surface area contributed by atoms with Crippen LogP contribution in [0.15, 0.2) is 85.1 Å². The van der Waals surface area contributed by atoms with Crippen molar-refractivity contribution < 1.29 is 4.74 Å². The number of aryl methyl sites for hydroxylation is 1. The molecule has 5 rings (SSSR count). The molecule has 1 aliphatic rings. The summed E-state index contributed by atoms with van der Waals surface area (Å²) < 4.78 is 6.49. The molecule has 170 valence electrons. The molecule has 2 N–H and O–H groups in total. The molecule has 1 aromatic heterocycles. The van der Waals surface area contributed by atoms with Gasteiger partial charge in [-0.2, -0.15) is 0 Å². The molecule has 0 bridgehead atoms. The van der Waals surface area contributed by atoms with E-state index in [1.165, 1.54) is 52.4 Å². The fraction of sp³-hybridized carbons (Fsp3) is 0.333. The molecule has 4 aromatic rings. The lowest BCUT2D eigenvalue weighted by Crippen LogP contribution is -2.29. The van der Waals surface area contributed by atoms with Crippen LogP contribution in [-0.2, 0) is 23.4 Å². The highest BCUT2D eigenvalue weighted by Crippen LogP contribution is 2.45. The van der Waals surface area contributed by atoms with Gasteiger partial charge < -0.3 is 15.0 Å². The van der Waals surface area contributed by atoms with Crippen LogP contribution in [0.3, 0.4) is 0 Å². The zero-order valence-electron chi connectivity index (χ0n) is 19.4. The highest BCUT2D eigenvalue weighted by atomic mass is 16.5. The fourth-order valence-corrected chi connectivity index (χ4v) is 5.28. The number of aromatic nitrogens is 1. The maximum atomic E-state index is 6.49. The molecular formula is C30H34N2O. The molecule has 1 atom stereocenters. The number of benzene rings is 3. The third-order valence-electron chi connectivity index (χ3n) is 7.02. The number of H-pyrrole nitrogens is 1. The van der Waals surface area contributed by atoms with Gasteiger partial charge in [-0.1, -0.05) is 79.2 Å². The molecule has 2 heterocycles. The molecule has 1 aliphatic heterocycles. The van der Waals surface area contributed by atoms with Crippen molar-refractivity contribution in [2.24, 2.45) is 0 Å². The summed E-state index contributed by atoms with van der Waals surface area (Å²) in [6.45, 7) is 2.82. The van der Waals surface area contributed by atoms with Crippen LogP contribution in [0, 0.1) is 0 Å². The maximum absolute atomic E-state index is 6.49. The van der Waals surface area contributed by atoms with Crippen LogP contribution < -0.4 is 5.32 Å². The van der Waals surface area contributed by atoms with Crippen molar-refractivity contribution in [3.63, 3.8) is 0 Å². The highest BCUT2D eigenvalue weighted by molar-refractivity contribution is 5.82. The second-order valence-corrected chi connectivity index (χ2v) is 9.16. The van der Waals surface area contributed by atoms with E-state index in [1.54, 1.807) is 0 Å². The van der Waals surface area contributed by atoms with Crippen LogP contribution in [0.2, 0.25) is 0 Å². The van der Waals surface area contributed by atoms with E-state index in [-0.39, 0.29) is 5.60 Å². The smallest absolute Gasteiger partial charge is 0.119 e. The molecule has 0 aliphatic carbocycles. The van der Waals surface area contributed by atoms with Gasteiger partial charge in [0.15, 0.2) is 0 Å². The third-order valence-corrected chi connectivity index (χ3v) is 7.02. The number of para-hydroxylation sites is 1. The molecule has 0 amide bonds. The van der Waals surface area contributed by atoms with E-state index in [0.29, 0.717) is 6.61 Å². The van der Waals surface area contributed by atoms with E-state index >= 15 is 0 Å². The summed E-state index contributed by atoms with van der Waals surface area (Å²) in [7, 11) is 0.